The van der Waals surface area contributed by atoms with Gasteiger partial charge in [0.25, 0.3) is 0 Å². The van der Waals surface area contributed by atoms with Gasteiger partial charge in [-0.3, -0.25) is 15.0 Å². The maximum Gasteiger partial charge on any atom is 0.187 e. The van der Waals surface area contributed by atoms with Crippen LogP contribution in [-0.4, -0.2) is 29.9 Å². The highest BCUT2D eigenvalue weighted by atomic mass is 16.3. The number of furan rings is 1. The number of nitrogens with zero attached hydrogens (tertiary/aromatic N) is 7. The van der Waals surface area contributed by atoms with Gasteiger partial charge in [0, 0.05) is 132 Å². The van der Waals surface area contributed by atoms with Gasteiger partial charge in [-0.2, -0.15) is 0 Å². The van der Waals surface area contributed by atoms with Crippen molar-refractivity contribution in [1.29, 1.82) is 0 Å². The number of pyridine rings is 6. The normalized spacial score (nSPS) is 12.4. The molecule has 0 saturated heterocycles. The molecular weight excluding hydrogens is 1580 g/mol. The van der Waals surface area contributed by atoms with Crippen LogP contribution >= 0.6 is 0 Å². The number of benzene rings is 20. The molecule has 8 heteroatoms. The minimum absolute atomic E-state index is 0.170. The van der Waals surface area contributed by atoms with Gasteiger partial charge in [-0.25, -0.2) is 19.8 Å². The van der Waals surface area contributed by atoms with Crippen LogP contribution in [0.25, 0.3) is 267 Å². The van der Waals surface area contributed by atoms with Crippen LogP contribution in [-0.2, 0) is 5.41 Å². The van der Waals surface area contributed by atoms with Crippen LogP contribution in [0.2, 0.25) is 0 Å². The molecule has 0 atom stereocenters. The first kappa shape index (κ1) is 74.2. The standard InChI is InChI=1S/C42H27N3.C42H24N2.C38H22N2O/c1-42(2)35-22-27(16-18-31(35)32-19-17-29(43-3)23-36(32)42)25-12-14-26(15-13-25)41-34-20-21-38-40(30-9-5-4-8-28(30)24-44-38)39(34)33-10-6-7-11-37(33)45-41;1-2-9-32-25(6-1)20-23-37-41(32)40-34-10-3-4-11-36(34)44-42(35(40)24-43-37)30-16-12-26(13-17-30)31-21-18-29-15-14-27-7-5-8-28-19-22-33(31)39(29)38(27)28;1-2-9-26-25(8-1)22-39-33-21-20-31-35(36(26)33)30-11-3-5-14-32(30)40-37(31)24-18-16-23(17-19-24)27-12-7-13-29-28-10-4-6-15-34(28)41-38(27)29/h4-24H,1-2H3;1-24H;1-22H. The summed E-state index contributed by atoms with van der Waals surface area (Å²) in [4.78, 5) is 34.0. The summed E-state index contributed by atoms with van der Waals surface area (Å²) in [7, 11) is 0. The van der Waals surface area contributed by atoms with Gasteiger partial charge in [-0.15, -0.1) is 0 Å². The second-order valence-corrected chi connectivity index (χ2v) is 34.8. The predicted octanol–water partition coefficient (Wildman–Crippen LogP) is 32.9. The maximum absolute atomic E-state index is 7.49. The lowest BCUT2D eigenvalue weighted by molar-refractivity contribution is 0.661. The van der Waals surface area contributed by atoms with E-state index in [4.69, 9.17) is 40.9 Å². The smallest absolute Gasteiger partial charge is 0.187 e. The SMILES string of the molecule is [C-]#[N+]c1ccc2c(c1)C(C)(C)c1cc(-c3ccc(-c4nc5ccccc5c5c4ccc4ncc6ccccc6c45)cc3)ccc1-2.c1ccc2c(c1)ccc1ncc3c(-c4ccc(-c5ccc6ccc7cccc8ccc5c6c78)cc4)nc4ccccc4c3c12.c1ccc2c(c1)cnc1ccc3c(-c4ccc(-c5cccc6c5oc5ccccc56)cc4)nc4ccccc4c3c12. The fourth-order valence-corrected chi connectivity index (χ4v) is 21.2. The summed E-state index contributed by atoms with van der Waals surface area (Å²) in [5.74, 6) is 0. The fourth-order valence-electron chi connectivity index (χ4n) is 21.2. The summed E-state index contributed by atoms with van der Waals surface area (Å²) < 4.78 is 6.32. The molecule has 0 spiro atoms. The minimum atomic E-state index is -0.170. The molecule has 7 aromatic heterocycles. The second kappa shape index (κ2) is 29.2. The van der Waals surface area contributed by atoms with E-state index in [-0.39, 0.29) is 5.41 Å². The zero-order chi connectivity index (χ0) is 86.0. The topological polar surface area (TPSA) is 94.8 Å². The summed E-state index contributed by atoms with van der Waals surface area (Å²) in [6.45, 7) is 12.0. The minimum Gasteiger partial charge on any atom is -0.455 e. The Hall–Kier alpha value is -17.3. The highest BCUT2D eigenvalue weighted by Gasteiger charge is 2.36. The van der Waals surface area contributed by atoms with Crippen LogP contribution < -0.4 is 0 Å². The van der Waals surface area contributed by atoms with E-state index in [0.717, 1.165) is 143 Å². The van der Waals surface area contributed by atoms with E-state index in [1.165, 1.54) is 131 Å². The van der Waals surface area contributed by atoms with E-state index in [2.05, 4.69) is 389 Å². The Kier molecular flexibility index (Phi) is 16.7. The molecule has 1 aliphatic rings. The van der Waals surface area contributed by atoms with E-state index >= 15 is 0 Å². The molecule has 0 radical (unpaired) electrons. The van der Waals surface area contributed by atoms with Crippen LogP contribution in [0.1, 0.15) is 25.0 Å². The molecular formula is C122H73N7O. The molecule has 602 valence electrons. The molecule has 7 heterocycles. The van der Waals surface area contributed by atoms with Gasteiger partial charge in [0.2, 0.25) is 0 Å². The number of hydrogen-bond acceptors (Lipinski definition) is 7. The third-order valence-corrected chi connectivity index (χ3v) is 27.4. The van der Waals surface area contributed by atoms with Gasteiger partial charge in [-0.05, 0) is 165 Å². The Balaban J connectivity index is 0.000000103. The van der Waals surface area contributed by atoms with Crippen LogP contribution in [0.5, 0.6) is 0 Å². The van der Waals surface area contributed by atoms with Crippen molar-refractivity contribution in [3.05, 3.63) is 429 Å². The molecule has 27 aromatic rings. The summed E-state index contributed by atoms with van der Waals surface area (Å²) in [6.07, 6.45) is 5.95. The Labute approximate surface area is 746 Å². The van der Waals surface area contributed by atoms with Crippen molar-refractivity contribution in [3.8, 4) is 78.3 Å². The largest absolute Gasteiger partial charge is 0.455 e. The highest BCUT2D eigenvalue weighted by molar-refractivity contribution is 6.32. The predicted molar refractivity (Wildman–Crippen MR) is 544 cm³/mol. The molecule has 130 heavy (non-hydrogen) atoms. The Morgan fingerprint density at radius 1 is 0.231 bits per heavy atom. The molecule has 8 nitrogen and oxygen atoms in total. The van der Waals surface area contributed by atoms with Crippen LogP contribution in [0.3, 0.4) is 0 Å². The average Bonchev–Trinajstić information content (AvgIpc) is 1.24. The molecule has 0 unspecified atom stereocenters. The summed E-state index contributed by atoms with van der Waals surface area (Å²) in [6, 6.07) is 138. The van der Waals surface area contributed by atoms with Crippen molar-refractivity contribution in [2.24, 2.45) is 0 Å². The lowest BCUT2D eigenvalue weighted by Gasteiger charge is -2.22. The van der Waals surface area contributed by atoms with E-state index in [0.29, 0.717) is 5.69 Å². The van der Waals surface area contributed by atoms with Crippen LogP contribution in [0.4, 0.5) is 5.69 Å². The van der Waals surface area contributed by atoms with Gasteiger partial charge in [0.1, 0.15) is 11.2 Å². The van der Waals surface area contributed by atoms with E-state index < -0.39 is 0 Å². The number of para-hydroxylation sites is 5. The third kappa shape index (κ3) is 11.6. The van der Waals surface area contributed by atoms with Gasteiger partial charge in [0.05, 0.1) is 56.8 Å². The number of aromatic nitrogens is 6. The van der Waals surface area contributed by atoms with Crippen molar-refractivity contribution >= 4 is 190 Å². The Morgan fingerprint density at radius 3 is 1.19 bits per heavy atom. The lowest BCUT2D eigenvalue weighted by atomic mass is 9.81. The van der Waals surface area contributed by atoms with E-state index in [1.54, 1.807) is 0 Å². The average molecular weight is 1650 g/mol. The molecule has 0 saturated carbocycles. The first-order chi connectivity index (χ1) is 64.2. The lowest BCUT2D eigenvalue weighted by Crippen LogP contribution is -2.14. The van der Waals surface area contributed by atoms with Crippen molar-refractivity contribution < 1.29 is 4.42 Å². The molecule has 0 bridgehead atoms. The first-order valence-corrected chi connectivity index (χ1v) is 44.2. The number of rotatable bonds is 6. The number of fused-ring (bicyclic) bond motifs is 27. The highest BCUT2D eigenvalue weighted by Crippen LogP contribution is 2.53. The van der Waals surface area contributed by atoms with Crippen molar-refractivity contribution in [3.63, 3.8) is 0 Å². The maximum atomic E-state index is 7.49. The molecule has 0 fully saturated rings. The van der Waals surface area contributed by atoms with E-state index in [9.17, 15) is 0 Å². The second-order valence-electron chi connectivity index (χ2n) is 34.8. The third-order valence-electron chi connectivity index (χ3n) is 27.4. The van der Waals surface area contributed by atoms with Crippen LogP contribution in [0.15, 0.2) is 411 Å². The zero-order valence-electron chi connectivity index (χ0n) is 70.7. The molecule has 0 N–H and O–H groups in total. The fraction of sp³-hybridized carbons (Fsp3) is 0.0246. The number of hydrogen-bond donors (Lipinski definition) is 0. The monoisotopic (exact) mass is 1650 g/mol. The molecule has 28 rings (SSSR count). The van der Waals surface area contributed by atoms with Crippen molar-refractivity contribution in [1.82, 2.24) is 29.9 Å². The first-order valence-electron chi connectivity index (χ1n) is 44.2. The van der Waals surface area contributed by atoms with Crippen molar-refractivity contribution in [2.75, 3.05) is 0 Å². The van der Waals surface area contributed by atoms with E-state index in [1.807, 2.05) is 36.8 Å². The van der Waals surface area contributed by atoms with Crippen molar-refractivity contribution in [2.45, 2.75) is 19.3 Å². The molecule has 0 amide bonds. The summed E-state index contributed by atoms with van der Waals surface area (Å²) in [5.41, 5.74) is 26.5. The Bertz CT molecular complexity index is 9530. The quantitative estimate of drug-likeness (QED) is 0.121. The van der Waals surface area contributed by atoms with Gasteiger partial charge >= 0.3 is 0 Å². The van der Waals surface area contributed by atoms with Gasteiger partial charge < -0.3 is 4.42 Å². The molecule has 0 aliphatic heterocycles. The molecule has 1 aliphatic carbocycles. The van der Waals surface area contributed by atoms with Gasteiger partial charge in [-0.1, -0.05) is 341 Å². The van der Waals surface area contributed by atoms with Crippen LogP contribution in [0, 0.1) is 6.57 Å². The zero-order valence-corrected chi connectivity index (χ0v) is 70.7. The summed E-state index contributed by atoms with van der Waals surface area (Å²) in [5, 5.41) is 31.1. The van der Waals surface area contributed by atoms with Gasteiger partial charge in [0.15, 0.2) is 5.69 Å². The molecule has 20 aromatic carbocycles. The summed E-state index contributed by atoms with van der Waals surface area (Å²) >= 11 is 0. The Morgan fingerprint density at radius 2 is 0.615 bits per heavy atom.